The summed E-state index contributed by atoms with van der Waals surface area (Å²) in [5, 5.41) is 9.87. The topological polar surface area (TPSA) is 74.8 Å². The molecule has 1 unspecified atom stereocenters. The third-order valence-corrected chi connectivity index (χ3v) is 5.57. The van der Waals surface area contributed by atoms with Gasteiger partial charge in [-0.25, -0.2) is 0 Å². The Morgan fingerprint density at radius 3 is 2.71 bits per heavy atom. The molecular formula is C22H34N4O2. The van der Waals surface area contributed by atoms with Gasteiger partial charge in [0.25, 0.3) is 0 Å². The molecule has 1 heterocycles. The highest BCUT2D eigenvalue weighted by atomic mass is 16.5. The van der Waals surface area contributed by atoms with Crippen LogP contribution in [0.1, 0.15) is 64.5 Å². The minimum absolute atomic E-state index is 0.00307. The fraction of sp³-hybridized carbons (Fsp3) is 0.636. The van der Waals surface area contributed by atoms with Gasteiger partial charge in [0.2, 0.25) is 5.91 Å². The van der Waals surface area contributed by atoms with Crippen LogP contribution >= 0.6 is 0 Å². The van der Waals surface area contributed by atoms with Gasteiger partial charge >= 0.3 is 0 Å². The summed E-state index contributed by atoms with van der Waals surface area (Å²) < 4.78 is 6.45. The van der Waals surface area contributed by atoms with Gasteiger partial charge in [0.1, 0.15) is 11.4 Å². The van der Waals surface area contributed by atoms with E-state index in [1.165, 1.54) is 18.4 Å². The van der Waals surface area contributed by atoms with Gasteiger partial charge in [-0.3, -0.25) is 9.79 Å². The highest BCUT2D eigenvalue weighted by Gasteiger charge is 2.43. The van der Waals surface area contributed by atoms with Gasteiger partial charge in [-0.2, -0.15) is 0 Å². The molecule has 1 aliphatic heterocycles. The van der Waals surface area contributed by atoms with Gasteiger partial charge in [-0.1, -0.05) is 32.0 Å². The Balaban J connectivity index is 1.69. The molecule has 154 valence electrons. The quantitative estimate of drug-likeness (QED) is 0.399. The van der Waals surface area contributed by atoms with Crippen LogP contribution in [0.5, 0.6) is 5.75 Å². The number of guanidine groups is 1. The van der Waals surface area contributed by atoms with Crippen molar-refractivity contribution in [1.29, 1.82) is 0 Å². The van der Waals surface area contributed by atoms with Crippen LogP contribution < -0.4 is 20.7 Å². The molecule has 1 aromatic carbocycles. The SMILES string of the molecule is CCNC(=NCCNC(=O)C(C)C)NC1CC2(CCCC2)Oc2ccccc21. The van der Waals surface area contributed by atoms with E-state index in [9.17, 15) is 4.79 Å². The van der Waals surface area contributed by atoms with Crippen molar-refractivity contribution in [3.05, 3.63) is 29.8 Å². The molecule has 1 spiro atoms. The molecule has 0 radical (unpaired) electrons. The van der Waals surface area contributed by atoms with Gasteiger partial charge in [0.15, 0.2) is 5.96 Å². The molecule has 1 atom stereocenters. The Hall–Kier alpha value is -2.24. The molecule has 1 amide bonds. The average Bonchev–Trinajstić information content (AvgIpc) is 3.12. The zero-order valence-electron chi connectivity index (χ0n) is 17.4. The predicted octanol–water partition coefficient (Wildman–Crippen LogP) is 3.15. The number of carbonyl (C=O) groups is 1. The van der Waals surface area contributed by atoms with Crippen LogP contribution in [-0.2, 0) is 4.79 Å². The maximum atomic E-state index is 11.7. The van der Waals surface area contributed by atoms with Crippen LogP contribution in [0.2, 0.25) is 0 Å². The molecule has 3 rings (SSSR count). The van der Waals surface area contributed by atoms with Crippen molar-refractivity contribution in [3.63, 3.8) is 0 Å². The molecule has 2 aliphatic rings. The van der Waals surface area contributed by atoms with Crippen LogP contribution in [-0.4, -0.2) is 37.1 Å². The van der Waals surface area contributed by atoms with Gasteiger partial charge in [0.05, 0.1) is 12.6 Å². The van der Waals surface area contributed by atoms with Gasteiger partial charge in [0, 0.05) is 31.0 Å². The molecule has 0 bridgehead atoms. The normalized spacial score (nSPS) is 20.6. The average molecular weight is 387 g/mol. The Morgan fingerprint density at radius 2 is 2.00 bits per heavy atom. The standard InChI is InChI=1S/C22H34N4O2/c1-4-23-21(25-14-13-24-20(27)16(2)3)26-18-15-22(11-7-8-12-22)28-19-10-6-5-9-17(18)19/h5-6,9-10,16,18H,4,7-8,11-15H2,1-3H3,(H,24,27)(H2,23,25,26). The third-order valence-electron chi connectivity index (χ3n) is 5.57. The monoisotopic (exact) mass is 386 g/mol. The van der Waals surface area contributed by atoms with Crippen molar-refractivity contribution in [2.75, 3.05) is 19.6 Å². The van der Waals surface area contributed by atoms with E-state index in [4.69, 9.17) is 4.74 Å². The lowest BCUT2D eigenvalue weighted by Gasteiger charge is -2.40. The second-order valence-electron chi connectivity index (χ2n) is 8.14. The van der Waals surface area contributed by atoms with E-state index in [0.717, 1.165) is 37.5 Å². The highest BCUT2D eigenvalue weighted by Crippen LogP contribution is 2.46. The first-order chi connectivity index (χ1) is 13.5. The van der Waals surface area contributed by atoms with Crippen LogP contribution in [0, 0.1) is 5.92 Å². The molecule has 1 saturated carbocycles. The summed E-state index contributed by atoms with van der Waals surface area (Å²) in [5.74, 6) is 1.84. The lowest BCUT2D eigenvalue weighted by Crippen LogP contribution is -2.46. The number of fused-ring (bicyclic) bond motifs is 1. The number of hydrogen-bond donors (Lipinski definition) is 3. The number of hydrogen-bond acceptors (Lipinski definition) is 3. The molecule has 28 heavy (non-hydrogen) atoms. The molecule has 1 fully saturated rings. The number of nitrogens with one attached hydrogen (secondary N) is 3. The molecule has 0 aromatic heterocycles. The Labute approximate surface area is 168 Å². The first kappa shape index (κ1) is 20.5. The van der Waals surface area contributed by atoms with Crippen molar-refractivity contribution < 1.29 is 9.53 Å². The second kappa shape index (κ2) is 9.30. The predicted molar refractivity (Wildman–Crippen MR) is 113 cm³/mol. The van der Waals surface area contributed by atoms with Crippen LogP contribution in [0.4, 0.5) is 0 Å². The molecule has 0 saturated heterocycles. The molecule has 3 N–H and O–H groups in total. The summed E-state index contributed by atoms with van der Waals surface area (Å²) in [6, 6.07) is 8.50. The van der Waals surface area contributed by atoms with E-state index in [2.05, 4.69) is 46.1 Å². The fourth-order valence-corrected chi connectivity index (χ4v) is 4.11. The molecule has 1 aromatic rings. The maximum Gasteiger partial charge on any atom is 0.222 e. The van der Waals surface area contributed by atoms with Crippen molar-refractivity contribution in [1.82, 2.24) is 16.0 Å². The first-order valence-corrected chi connectivity index (χ1v) is 10.6. The van der Waals surface area contributed by atoms with Gasteiger partial charge < -0.3 is 20.7 Å². The number of para-hydroxylation sites is 1. The number of amides is 1. The highest BCUT2D eigenvalue weighted by molar-refractivity contribution is 5.80. The third kappa shape index (κ3) is 4.97. The van der Waals surface area contributed by atoms with Crippen LogP contribution in [0.25, 0.3) is 0 Å². The maximum absolute atomic E-state index is 11.7. The minimum Gasteiger partial charge on any atom is -0.487 e. The van der Waals surface area contributed by atoms with Gasteiger partial charge in [-0.15, -0.1) is 0 Å². The number of rotatable bonds is 6. The smallest absolute Gasteiger partial charge is 0.222 e. The fourth-order valence-electron chi connectivity index (χ4n) is 4.11. The summed E-state index contributed by atoms with van der Waals surface area (Å²) >= 11 is 0. The molecule has 6 heteroatoms. The van der Waals surface area contributed by atoms with E-state index in [1.807, 2.05) is 19.9 Å². The van der Waals surface area contributed by atoms with Crippen LogP contribution in [0.3, 0.4) is 0 Å². The van der Waals surface area contributed by atoms with Crippen LogP contribution in [0.15, 0.2) is 29.3 Å². The van der Waals surface area contributed by atoms with Crippen molar-refractivity contribution in [2.24, 2.45) is 10.9 Å². The minimum atomic E-state index is -0.0470. The Kier molecular flexibility index (Phi) is 6.81. The van der Waals surface area contributed by atoms with E-state index >= 15 is 0 Å². The lowest BCUT2D eigenvalue weighted by atomic mass is 9.86. The van der Waals surface area contributed by atoms with E-state index < -0.39 is 0 Å². The summed E-state index contributed by atoms with van der Waals surface area (Å²) in [6.45, 7) is 7.73. The van der Waals surface area contributed by atoms with Gasteiger partial charge in [-0.05, 0) is 38.7 Å². The van der Waals surface area contributed by atoms with Crippen molar-refractivity contribution in [3.8, 4) is 5.75 Å². The Bertz CT molecular complexity index is 696. The molecule has 1 aliphatic carbocycles. The molecule has 6 nitrogen and oxygen atoms in total. The summed E-state index contributed by atoms with van der Waals surface area (Å²) in [7, 11) is 0. The Morgan fingerprint density at radius 1 is 1.25 bits per heavy atom. The van der Waals surface area contributed by atoms with Crippen molar-refractivity contribution in [2.45, 2.75) is 64.5 Å². The zero-order chi connectivity index (χ0) is 20.0. The van der Waals surface area contributed by atoms with Crippen molar-refractivity contribution >= 4 is 11.9 Å². The zero-order valence-corrected chi connectivity index (χ0v) is 17.4. The second-order valence-corrected chi connectivity index (χ2v) is 8.14. The number of aliphatic imine (C=N–C) groups is 1. The van der Waals surface area contributed by atoms with E-state index in [0.29, 0.717) is 13.1 Å². The number of benzene rings is 1. The number of nitrogens with zero attached hydrogens (tertiary/aromatic N) is 1. The van der Waals surface area contributed by atoms with E-state index in [1.54, 1.807) is 0 Å². The van der Waals surface area contributed by atoms with E-state index in [-0.39, 0.29) is 23.5 Å². The first-order valence-electron chi connectivity index (χ1n) is 10.6. The number of carbonyl (C=O) groups excluding carboxylic acids is 1. The lowest BCUT2D eigenvalue weighted by molar-refractivity contribution is -0.123. The summed E-state index contributed by atoms with van der Waals surface area (Å²) in [6.07, 6.45) is 5.67. The summed E-state index contributed by atoms with van der Waals surface area (Å²) in [4.78, 5) is 16.4. The largest absolute Gasteiger partial charge is 0.487 e. The number of ether oxygens (including phenoxy) is 1. The summed E-state index contributed by atoms with van der Waals surface area (Å²) in [5.41, 5.74) is 1.15. The molecular weight excluding hydrogens is 352 g/mol.